The van der Waals surface area contributed by atoms with Crippen molar-refractivity contribution in [3.05, 3.63) is 43.2 Å². The number of hydrogen-bond donors (Lipinski definition) is 3. The van der Waals surface area contributed by atoms with Crippen LogP contribution in [0.25, 0.3) is 0 Å². The van der Waals surface area contributed by atoms with Crippen molar-refractivity contribution in [1.29, 1.82) is 0 Å². The Morgan fingerprint density at radius 2 is 1.94 bits per heavy atom. The summed E-state index contributed by atoms with van der Waals surface area (Å²) in [5, 5.41) is 0. The molecule has 2 heterocycles. The van der Waals surface area contributed by atoms with Crippen LogP contribution in [-0.2, 0) is 0 Å². The maximum atomic E-state index is 11.7. The number of aromatic amines is 1. The SMILES string of the molecule is O=C(NNC(=O)c1cc(Br)c(Br)s1)c1ccc[nH]1. The van der Waals surface area contributed by atoms with E-state index in [1.807, 2.05) is 0 Å². The number of rotatable bonds is 2. The lowest BCUT2D eigenvalue weighted by molar-refractivity contribution is 0.0846. The van der Waals surface area contributed by atoms with Gasteiger partial charge in [-0.25, -0.2) is 0 Å². The average Bonchev–Trinajstić information content (AvgIpc) is 2.97. The van der Waals surface area contributed by atoms with E-state index in [9.17, 15) is 9.59 Å². The highest BCUT2D eigenvalue weighted by Crippen LogP contribution is 2.32. The van der Waals surface area contributed by atoms with E-state index in [2.05, 4.69) is 47.7 Å². The van der Waals surface area contributed by atoms with Crippen LogP contribution in [0.15, 0.2) is 32.7 Å². The zero-order valence-corrected chi connectivity index (χ0v) is 12.8. The summed E-state index contributed by atoms with van der Waals surface area (Å²) >= 11 is 7.85. The Hall–Kier alpha value is -1.12. The van der Waals surface area contributed by atoms with Gasteiger partial charge in [0.2, 0.25) is 0 Å². The summed E-state index contributed by atoms with van der Waals surface area (Å²) in [6.45, 7) is 0. The maximum absolute atomic E-state index is 11.7. The number of carbonyl (C=O) groups excluding carboxylic acids is 2. The zero-order valence-electron chi connectivity index (χ0n) is 8.79. The molecule has 0 fully saturated rings. The first kappa shape index (κ1) is 13.3. The number of amides is 2. The van der Waals surface area contributed by atoms with Crippen molar-refractivity contribution in [1.82, 2.24) is 15.8 Å². The van der Waals surface area contributed by atoms with Gasteiger partial charge in [-0.3, -0.25) is 20.4 Å². The fraction of sp³-hybridized carbons (Fsp3) is 0. The van der Waals surface area contributed by atoms with E-state index in [4.69, 9.17) is 0 Å². The van der Waals surface area contributed by atoms with Crippen molar-refractivity contribution in [2.75, 3.05) is 0 Å². The molecule has 3 N–H and O–H groups in total. The molecule has 0 saturated heterocycles. The molecule has 0 aliphatic rings. The van der Waals surface area contributed by atoms with Crippen LogP contribution in [0.3, 0.4) is 0 Å². The summed E-state index contributed by atoms with van der Waals surface area (Å²) in [6.07, 6.45) is 1.63. The molecule has 0 aromatic carbocycles. The Morgan fingerprint density at radius 3 is 2.50 bits per heavy atom. The standard InChI is InChI=1S/C10H7Br2N3O2S/c11-5-4-7(18-8(5)12)10(17)15-14-9(16)6-2-1-3-13-6/h1-4,13H,(H,14,16)(H,15,17). The quantitative estimate of drug-likeness (QED) is 0.687. The van der Waals surface area contributed by atoms with Gasteiger partial charge in [-0.1, -0.05) is 0 Å². The molecule has 2 amide bonds. The van der Waals surface area contributed by atoms with E-state index >= 15 is 0 Å². The van der Waals surface area contributed by atoms with Crippen LogP contribution in [0.4, 0.5) is 0 Å². The van der Waals surface area contributed by atoms with E-state index in [1.54, 1.807) is 24.4 Å². The van der Waals surface area contributed by atoms with Gasteiger partial charge in [-0.05, 0) is 50.1 Å². The van der Waals surface area contributed by atoms with Crippen LogP contribution < -0.4 is 10.9 Å². The van der Waals surface area contributed by atoms with Crippen LogP contribution in [0, 0.1) is 0 Å². The molecule has 2 aromatic rings. The van der Waals surface area contributed by atoms with Gasteiger partial charge in [0.05, 0.1) is 8.66 Å². The molecule has 0 atom stereocenters. The molecule has 94 valence electrons. The molecule has 0 unspecified atom stereocenters. The summed E-state index contributed by atoms with van der Waals surface area (Å²) in [6, 6.07) is 4.98. The van der Waals surface area contributed by atoms with Crippen LogP contribution in [0.1, 0.15) is 20.2 Å². The number of hydrogen-bond acceptors (Lipinski definition) is 3. The second-order valence-corrected chi connectivity index (χ2v) is 6.45. The molecule has 5 nitrogen and oxygen atoms in total. The maximum Gasteiger partial charge on any atom is 0.286 e. The van der Waals surface area contributed by atoms with Crippen molar-refractivity contribution in [3.8, 4) is 0 Å². The number of thiophene rings is 1. The molecule has 0 radical (unpaired) electrons. The van der Waals surface area contributed by atoms with E-state index in [-0.39, 0.29) is 5.91 Å². The normalized spacial score (nSPS) is 10.1. The number of nitrogens with one attached hydrogen (secondary N) is 3. The fourth-order valence-electron chi connectivity index (χ4n) is 1.17. The average molecular weight is 393 g/mol. The molecule has 0 bridgehead atoms. The van der Waals surface area contributed by atoms with Gasteiger partial charge in [0.15, 0.2) is 0 Å². The molecule has 0 saturated carbocycles. The molecule has 2 aromatic heterocycles. The summed E-state index contributed by atoms with van der Waals surface area (Å²) in [5.41, 5.74) is 5.03. The predicted molar refractivity (Wildman–Crippen MR) is 75.4 cm³/mol. The van der Waals surface area contributed by atoms with Crippen LogP contribution >= 0.6 is 43.2 Å². The molecule has 0 aliphatic heterocycles. The Kier molecular flexibility index (Phi) is 4.20. The predicted octanol–water partition coefficient (Wildman–Crippen LogP) is 2.68. The van der Waals surface area contributed by atoms with Gasteiger partial charge in [0.1, 0.15) is 5.69 Å². The van der Waals surface area contributed by atoms with Crippen LogP contribution in [0.5, 0.6) is 0 Å². The van der Waals surface area contributed by atoms with E-state index in [0.717, 1.165) is 8.26 Å². The highest BCUT2D eigenvalue weighted by Gasteiger charge is 2.13. The molecule has 0 aliphatic carbocycles. The summed E-state index contributed by atoms with van der Waals surface area (Å²) in [5.74, 6) is -0.769. The summed E-state index contributed by atoms with van der Waals surface area (Å²) < 4.78 is 1.62. The van der Waals surface area contributed by atoms with E-state index in [1.165, 1.54) is 11.3 Å². The highest BCUT2D eigenvalue weighted by atomic mass is 79.9. The van der Waals surface area contributed by atoms with Gasteiger partial charge in [0, 0.05) is 10.7 Å². The number of halogens is 2. The number of carbonyl (C=O) groups is 2. The lowest BCUT2D eigenvalue weighted by Gasteiger charge is -2.04. The summed E-state index contributed by atoms with van der Waals surface area (Å²) in [4.78, 5) is 26.5. The third-order valence-electron chi connectivity index (χ3n) is 2.00. The third-order valence-corrected chi connectivity index (χ3v) is 5.26. The number of H-pyrrole nitrogens is 1. The number of hydrazine groups is 1. The monoisotopic (exact) mass is 391 g/mol. The lowest BCUT2D eigenvalue weighted by atomic mass is 10.4. The smallest absolute Gasteiger partial charge is 0.286 e. The molecule has 2 rings (SSSR count). The molecule has 0 spiro atoms. The highest BCUT2D eigenvalue weighted by molar-refractivity contribution is 9.13. The van der Waals surface area contributed by atoms with Crippen molar-refractivity contribution in [2.45, 2.75) is 0 Å². The second-order valence-electron chi connectivity index (χ2n) is 3.22. The Bertz CT molecular complexity index is 560. The van der Waals surface area contributed by atoms with Crippen LogP contribution in [-0.4, -0.2) is 16.8 Å². The minimum Gasteiger partial charge on any atom is -0.357 e. The largest absolute Gasteiger partial charge is 0.357 e. The van der Waals surface area contributed by atoms with Crippen LogP contribution in [0.2, 0.25) is 0 Å². The van der Waals surface area contributed by atoms with E-state index in [0.29, 0.717) is 10.6 Å². The minimum atomic E-state index is -0.400. The van der Waals surface area contributed by atoms with E-state index < -0.39 is 5.91 Å². The van der Waals surface area contributed by atoms with Gasteiger partial charge < -0.3 is 4.98 Å². The Balaban J connectivity index is 1.94. The Morgan fingerprint density at radius 1 is 1.22 bits per heavy atom. The molecular weight excluding hydrogens is 386 g/mol. The van der Waals surface area contributed by atoms with Gasteiger partial charge in [-0.15, -0.1) is 11.3 Å². The first-order valence-corrected chi connectivity index (χ1v) is 7.17. The second kappa shape index (κ2) is 5.68. The van der Waals surface area contributed by atoms with Crippen molar-refractivity contribution >= 4 is 55.0 Å². The lowest BCUT2D eigenvalue weighted by Crippen LogP contribution is -2.41. The Labute approximate surface area is 123 Å². The zero-order chi connectivity index (χ0) is 13.1. The first-order chi connectivity index (χ1) is 8.58. The third kappa shape index (κ3) is 3.01. The molecular formula is C10H7Br2N3O2S. The van der Waals surface area contributed by atoms with Crippen molar-refractivity contribution in [3.63, 3.8) is 0 Å². The molecule has 18 heavy (non-hydrogen) atoms. The van der Waals surface area contributed by atoms with Gasteiger partial charge in [-0.2, -0.15) is 0 Å². The summed E-state index contributed by atoms with van der Waals surface area (Å²) in [7, 11) is 0. The van der Waals surface area contributed by atoms with Gasteiger partial charge in [0.25, 0.3) is 11.8 Å². The van der Waals surface area contributed by atoms with Gasteiger partial charge >= 0.3 is 0 Å². The van der Waals surface area contributed by atoms with Crippen molar-refractivity contribution < 1.29 is 9.59 Å². The minimum absolute atomic E-state index is 0.369. The topological polar surface area (TPSA) is 74.0 Å². The van der Waals surface area contributed by atoms with Crippen molar-refractivity contribution in [2.24, 2.45) is 0 Å². The molecule has 8 heteroatoms. The fourth-order valence-corrected chi connectivity index (χ4v) is 3.10. The first-order valence-electron chi connectivity index (χ1n) is 4.77. The number of aromatic nitrogens is 1.